The van der Waals surface area contributed by atoms with Crippen molar-refractivity contribution in [2.24, 2.45) is 0 Å². The van der Waals surface area contributed by atoms with Gasteiger partial charge in [-0.3, -0.25) is 0 Å². The number of nitrogens with one attached hydrogen (secondary N) is 1. The summed E-state index contributed by atoms with van der Waals surface area (Å²) in [6, 6.07) is 0.477. The maximum absolute atomic E-state index is 10.4. The van der Waals surface area contributed by atoms with Crippen molar-refractivity contribution in [3.05, 3.63) is 0 Å². The second kappa shape index (κ2) is 5.66. The standard InChI is InChI=1S/C14H25NO4/c16-13(5-7-17-8-6-13)11-15-12-1-3-14(4-2-12)18-9-10-19-14/h12,15-16H,1-11H2. The van der Waals surface area contributed by atoms with E-state index in [9.17, 15) is 5.11 Å². The summed E-state index contributed by atoms with van der Waals surface area (Å²) in [6.45, 7) is 3.49. The fourth-order valence-electron chi connectivity index (χ4n) is 3.31. The summed E-state index contributed by atoms with van der Waals surface area (Å²) in [5.41, 5.74) is -0.576. The summed E-state index contributed by atoms with van der Waals surface area (Å²) in [5.74, 6) is -0.284. The van der Waals surface area contributed by atoms with Gasteiger partial charge in [-0.1, -0.05) is 0 Å². The molecule has 0 unspecified atom stereocenters. The number of rotatable bonds is 3. The molecule has 110 valence electrons. The summed E-state index contributed by atoms with van der Waals surface area (Å²) in [5, 5.41) is 13.9. The molecule has 0 amide bonds. The first-order valence-corrected chi connectivity index (χ1v) is 7.51. The van der Waals surface area contributed by atoms with Gasteiger partial charge in [-0.05, 0) is 12.8 Å². The third-order valence-corrected chi connectivity index (χ3v) is 4.70. The van der Waals surface area contributed by atoms with Gasteiger partial charge in [-0.25, -0.2) is 0 Å². The quantitative estimate of drug-likeness (QED) is 0.795. The van der Waals surface area contributed by atoms with E-state index in [0.29, 0.717) is 25.8 Å². The normalized spacial score (nSPS) is 30.8. The molecule has 1 aliphatic carbocycles. The van der Waals surface area contributed by atoms with Crippen LogP contribution in [0.5, 0.6) is 0 Å². The van der Waals surface area contributed by atoms with Crippen molar-refractivity contribution in [2.45, 2.75) is 56.0 Å². The Balaban J connectivity index is 1.42. The molecule has 3 aliphatic rings. The lowest BCUT2D eigenvalue weighted by Crippen LogP contribution is -2.50. The third-order valence-electron chi connectivity index (χ3n) is 4.70. The van der Waals surface area contributed by atoms with Crippen molar-refractivity contribution in [2.75, 3.05) is 33.0 Å². The van der Waals surface area contributed by atoms with Gasteiger partial charge in [-0.15, -0.1) is 0 Å². The summed E-state index contributed by atoms with van der Waals surface area (Å²) in [7, 11) is 0. The Morgan fingerprint density at radius 3 is 2.21 bits per heavy atom. The largest absolute Gasteiger partial charge is 0.388 e. The minimum Gasteiger partial charge on any atom is -0.388 e. The minimum absolute atomic E-state index is 0.284. The van der Waals surface area contributed by atoms with Crippen LogP contribution in [0.3, 0.4) is 0 Å². The minimum atomic E-state index is -0.576. The highest BCUT2D eigenvalue weighted by molar-refractivity contribution is 4.89. The highest BCUT2D eigenvalue weighted by Gasteiger charge is 2.40. The van der Waals surface area contributed by atoms with Crippen molar-refractivity contribution in [3.8, 4) is 0 Å². The molecule has 3 rings (SSSR count). The van der Waals surface area contributed by atoms with Crippen LogP contribution in [-0.2, 0) is 14.2 Å². The second-order valence-electron chi connectivity index (χ2n) is 6.10. The predicted octanol–water partition coefficient (Wildman–Crippen LogP) is 0.803. The molecule has 5 nitrogen and oxygen atoms in total. The average molecular weight is 271 g/mol. The van der Waals surface area contributed by atoms with Crippen LogP contribution < -0.4 is 5.32 Å². The van der Waals surface area contributed by atoms with Crippen LogP contribution in [0.4, 0.5) is 0 Å². The lowest BCUT2D eigenvalue weighted by molar-refractivity contribution is -0.180. The third kappa shape index (κ3) is 3.28. The van der Waals surface area contributed by atoms with Crippen LogP contribution in [-0.4, -0.2) is 55.5 Å². The Hall–Kier alpha value is -0.200. The number of hydrogen-bond donors (Lipinski definition) is 2. The fourth-order valence-corrected chi connectivity index (χ4v) is 3.31. The Morgan fingerprint density at radius 2 is 1.58 bits per heavy atom. The zero-order valence-electron chi connectivity index (χ0n) is 11.5. The zero-order chi connectivity index (χ0) is 13.2. The van der Waals surface area contributed by atoms with E-state index in [0.717, 1.165) is 51.7 Å². The first kappa shape index (κ1) is 13.8. The smallest absolute Gasteiger partial charge is 0.168 e. The summed E-state index contributed by atoms with van der Waals surface area (Å²) < 4.78 is 16.8. The van der Waals surface area contributed by atoms with E-state index in [-0.39, 0.29) is 5.79 Å². The molecule has 2 N–H and O–H groups in total. The fraction of sp³-hybridized carbons (Fsp3) is 1.00. The molecule has 0 aromatic rings. The second-order valence-corrected chi connectivity index (χ2v) is 6.10. The molecule has 3 fully saturated rings. The van der Waals surface area contributed by atoms with Gasteiger partial charge in [0.2, 0.25) is 0 Å². The SMILES string of the molecule is OC1(CNC2CCC3(CC2)OCCO3)CCOCC1. The van der Waals surface area contributed by atoms with Crippen LogP contribution in [0.2, 0.25) is 0 Å². The van der Waals surface area contributed by atoms with Gasteiger partial charge in [0.15, 0.2) is 5.79 Å². The monoisotopic (exact) mass is 271 g/mol. The van der Waals surface area contributed by atoms with E-state index >= 15 is 0 Å². The molecule has 1 saturated carbocycles. The molecule has 5 heteroatoms. The molecule has 2 heterocycles. The Labute approximate surface area is 114 Å². The number of hydrogen-bond acceptors (Lipinski definition) is 5. The van der Waals surface area contributed by atoms with Crippen LogP contribution in [0.15, 0.2) is 0 Å². The molecule has 0 aromatic carbocycles. The first-order chi connectivity index (χ1) is 9.20. The maximum Gasteiger partial charge on any atom is 0.168 e. The molecule has 0 aromatic heterocycles. The summed E-state index contributed by atoms with van der Waals surface area (Å²) >= 11 is 0. The van der Waals surface area contributed by atoms with Crippen LogP contribution >= 0.6 is 0 Å². The zero-order valence-corrected chi connectivity index (χ0v) is 11.5. The van der Waals surface area contributed by atoms with Crippen LogP contribution in [0.25, 0.3) is 0 Å². The van der Waals surface area contributed by atoms with Gasteiger partial charge in [0, 0.05) is 51.5 Å². The summed E-state index contributed by atoms with van der Waals surface area (Å²) in [4.78, 5) is 0. The van der Waals surface area contributed by atoms with Gasteiger partial charge in [0.1, 0.15) is 0 Å². The van der Waals surface area contributed by atoms with E-state index in [1.165, 1.54) is 0 Å². The van der Waals surface area contributed by atoms with Crippen molar-refractivity contribution in [1.29, 1.82) is 0 Å². The van der Waals surface area contributed by atoms with Crippen molar-refractivity contribution in [3.63, 3.8) is 0 Å². The topological polar surface area (TPSA) is 60.0 Å². The van der Waals surface area contributed by atoms with Crippen LogP contribution in [0.1, 0.15) is 38.5 Å². The Kier molecular flexibility index (Phi) is 4.10. The van der Waals surface area contributed by atoms with Crippen molar-refractivity contribution in [1.82, 2.24) is 5.32 Å². The molecule has 0 atom stereocenters. The van der Waals surface area contributed by atoms with Gasteiger partial charge < -0.3 is 24.6 Å². The Bertz CT molecular complexity index is 288. The molecule has 19 heavy (non-hydrogen) atoms. The lowest BCUT2D eigenvalue weighted by atomic mass is 9.88. The molecule has 0 bridgehead atoms. The molecule has 2 aliphatic heterocycles. The molecular weight excluding hydrogens is 246 g/mol. The molecule has 0 radical (unpaired) electrons. The molecular formula is C14H25NO4. The highest BCUT2D eigenvalue weighted by Crippen LogP contribution is 2.35. The van der Waals surface area contributed by atoms with Gasteiger partial charge in [-0.2, -0.15) is 0 Å². The van der Waals surface area contributed by atoms with Gasteiger partial charge >= 0.3 is 0 Å². The maximum atomic E-state index is 10.4. The van der Waals surface area contributed by atoms with Crippen LogP contribution in [0, 0.1) is 0 Å². The summed E-state index contributed by atoms with van der Waals surface area (Å²) in [6.07, 6.45) is 5.53. The lowest BCUT2D eigenvalue weighted by Gasteiger charge is -2.38. The van der Waals surface area contributed by atoms with Gasteiger partial charge in [0.05, 0.1) is 18.8 Å². The molecule has 1 spiro atoms. The van der Waals surface area contributed by atoms with Gasteiger partial charge in [0.25, 0.3) is 0 Å². The predicted molar refractivity (Wildman–Crippen MR) is 69.9 cm³/mol. The van der Waals surface area contributed by atoms with Crippen molar-refractivity contribution >= 4 is 0 Å². The average Bonchev–Trinajstić information content (AvgIpc) is 2.88. The van der Waals surface area contributed by atoms with E-state index in [1.54, 1.807) is 0 Å². The molecule has 2 saturated heterocycles. The van der Waals surface area contributed by atoms with E-state index < -0.39 is 5.60 Å². The van der Waals surface area contributed by atoms with E-state index in [1.807, 2.05) is 0 Å². The van der Waals surface area contributed by atoms with E-state index in [2.05, 4.69) is 5.32 Å². The number of ether oxygens (including phenoxy) is 3. The highest BCUT2D eigenvalue weighted by atomic mass is 16.7. The van der Waals surface area contributed by atoms with E-state index in [4.69, 9.17) is 14.2 Å². The Morgan fingerprint density at radius 1 is 0.947 bits per heavy atom. The number of aliphatic hydroxyl groups is 1. The first-order valence-electron chi connectivity index (χ1n) is 7.51. The van der Waals surface area contributed by atoms with Crippen molar-refractivity contribution < 1.29 is 19.3 Å².